The van der Waals surface area contributed by atoms with Crippen LogP contribution >= 0.6 is 0 Å². The van der Waals surface area contributed by atoms with Crippen molar-refractivity contribution < 1.29 is 16.6 Å². The Morgan fingerprint density at radius 2 is 0.743 bits per heavy atom. The van der Waals surface area contributed by atoms with Crippen molar-refractivity contribution in [2.24, 2.45) is 0 Å². The second kappa shape index (κ2) is 9.66. The van der Waals surface area contributed by atoms with Crippen molar-refractivity contribution in [2.45, 2.75) is 12.8 Å². The molecule has 0 atom stereocenters. The molecule has 35 heavy (non-hydrogen) atoms. The Morgan fingerprint density at radius 1 is 0.400 bits per heavy atom. The van der Waals surface area contributed by atoms with Crippen LogP contribution in [-0.4, -0.2) is 0 Å². The second-order valence-electron chi connectivity index (χ2n) is 9.21. The average Bonchev–Trinajstić information content (AvgIpc) is 3.63. The van der Waals surface area contributed by atoms with Gasteiger partial charge in [0.1, 0.15) is 0 Å². The van der Waals surface area contributed by atoms with E-state index in [0.717, 1.165) is 12.8 Å². The standard InChI is InChI=1S/2C11H9.2C6H5.Ti/c2*1-2-6-10(7-3-1)11-8-4-5-9-11;2*1-2-4-6-5-3-1;/h2*1-4,6-8H,5H2;2*1-5H;. The number of rotatable bonds is 6. The molecular formula is C34H28Ti. The van der Waals surface area contributed by atoms with Crippen molar-refractivity contribution in [1.82, 2.24) is 0 Å². The molecule has 0 fully saturated rings. The summed E-state index contributed by atoms with van der Waals surface area (Å²) in [6.07, 6.45) is 11.5. The van der Waals surface area contributed by atoms with E-state index in [-0.39, 0.29) is 0 Å². The molecule has 0 saturated carbocycles. The van der Waals surface area contributed by atoms with Crippen molar-refractivity contribution in [1.29, 1.82) is 0 Å². The molecule has 0 aromatic heterocycles. The molecule has 0 radical (unpaired) electrons. The summed E-state index contributed by atoms with van der Waals surface area (Å²) in [5, 5.41) is 0. The summed E-state index contributed by atoms with van der Waals surface area (Å²) < 4.78 is 6.30. The van der Waals surface area contributed by atoms with E-state index in [2.05, 4.69) is 146 Å². The third kappa shape index (κ3) is 3.84. The van der Waals surface area contributed by atoms with Gasteiger partial charge < -0.3 is 0 Å². The molecule has 0 nitrogen and oxygen atoms in total. The monoisotopic (exact) mass is 484 g/mol. The van der Waals surface area contributed by atoms with E-state index in [0.29, 0.717) is 0 Å². The first-order chi connectivity index (χ1) is 17.4. The summed E-state index contributed by atoms with van der Waals surface area (Å²) in [5.74, 6) is 0. The summed E-state index contributed by atoms with van der Waals surface area (Å²) in [4.78, 5) is 0. The molecule has 0 saturated heterocycles. The minimum absolute atomic E-state index is 1.01. The van der Waals surface area contributed by atoms with Crippen LogP contribution in [0.5, 0.6) is 0 Å². The first-order valence-corrected chi connectivity index (χ1v) is 15.5. The fraction of sp³-hybridized carbons (Fsp3) is 0.0588. The molecule has 4 aromatic rings. The van der Waals surface area contributed by atoms with E-state index < -0.39 is 16.6 Å². The SMILES string of the molecule is C1=CC(c2ccccc2)=[C]([Ti]([C]2=C(c3ccccc3)C=CC2)([c]2ccccc2)[c]2ccccc2)C1. The molecule has 4 aromatic carbocycles. The van der Waals surface area contributed by atoms with E-state index in [4.69, 9.17) is 0 Å². The predicted molar refractivity (Wildman–Crippen MR) is 146 cm³/mol. The van der Waals surface area contributed by atoms with Gasteiger partial charge in [0.15, 0.2) is 0 Å². The quantitative estimate of drug-likeness (QED) is 0.248. The van der Waals surface area contributed by atoms with E-state index in [1.165, 1.54) is 30.0 Å². The fourth-order valence-corrected chi connectivity index (χ4v) is 14.6. The van der Waals surface area contributed by atoms with Crippen LogP contribution in [0.15, 0.2) is 153 Å². The molecule has 0 aliphatic heterocycles. The van der Waals surface area contributed by atoms with Gasteiger partial charge in [-0.2, -0.15) is 0 Å². The predicted octanol–water partition coefficient (Wildman–Crippen LogP) is 7.53. The van der Waals surface area contributed by atoms with Gasteiger partial charge in [-0.1, -0.05) is 0 Å². The van der Waals surface area contributed by atoms with Crippen LogP contribution in [0.2, 0.25) is 0 Å². The zero-order valence-electron chi connectivity index (χ0n) is 19.8. The second-order valence-corrected chi connectivity index (χ2v) is 15.2. The van der Waals surface area contributed by atoms with Gasteiger partial charge in [0.05, 0.1) is 0 Å². The van der Waals surface area contributed by atoms with Gasteiger partial charge in [-0.25, -0.2) is 0 Å². The Balaban J connectivity index is 1.74. The summed E-state index contributed by atoms with van der Waals surface area (Å²) in [7, 11) is 0. The summed E-state index contributed by atoms with van der Waals surface area (Å²) >= 11 is -3.30. The number of hydrogen-bond acceptors (Lipinski definition) is 0. The average molecular weight is 484 g/mol. The topological polar surface area (TPSA) is 0 Å². The zero-order valence-corrected chi connectivity index (χ0v) is 21.3. The van der Waals surface area contributed by atoms with Crippen molar-refractivity contribution in [3.05, 3.63) is 165 Å². The van der Waals surface area contributed by atoms with Crippen LogP contribution in [0, 0.1) is 0 Å². The van der Waals surface area contributed by atoms with E-state index in [9.17, 15) is 0 Å². The maximum absolute atomic E-state index is 3.30. The third-order valence-electron chi connectivity index (χ3n) is 7.35. The first kappa shape index (κ1) is 22.0. The number of benzene rings is 4. The van der Waals surface area contributed by atoms with Gasteiger partial charge in [-0.3, -0.25) is 0 Å². The Hall–Kier alpha value is -3.45. The molecular weight excluding hydrogens is 456 g/mol. The van der Waals surface area contributed by atoms with Crippen LogP contribution in [0.3, 0.4) is 0 Å². The van der Waals surface area contributed by atoms with Crippen molar-refractivity contribution in [3.8, 4) is 0 Å². The maximum atomic E-state index is 2.40. The molecule has 6 rings (SSSR count). The molecule has 2 aliphatic carbocycles. The normalized spacial score (nSPS) is 15.3. The van der Waals surface area contributed by atoms with Crippen LogP contribution in [0.1, 0.15) is 24.0 Å². The molecule has 0 bridgehead atoms. The van der Waals surface area contributed by atoms with Crippen LogP contribution in [0.25, 0.3) is 11.1 Å². The summed E-state index contributed by atoms with van der Waals surface area (Å²) in [6.45, 7) is 0. The van der Waals surface area contributed by atoms with Gasteiger partial charge in [0.2, 0.25) is 0 Å². The van der Waals surface area contributed by atoms with Gasteiger partial charge in [0.25, 0.3) is 0 Å². The molecule has 0 spiro atoms. The van der Waals surface area contributed by atoms with Crippen LogP contribution in [0.4, 0.5) is 0 Å². The van der Waals surface area contributed by atoms with Gasteiger partial charge >= 0.3 is 213 Å². The molecule has 2 aliphatic rings. The summed E-state index contributed by atoms with van der Waals surface area (Å²) in [5.41, 5.74) is 5.49. The Morgan fingerprint density at radius 3 is 1.11 bits per heavy atom. The molecule has 1 heteroatoms. The van der Waals surface area contributed by atoms with Gasteiger partial charge in [-0.15, -0.1) is 0 Å². The van der Waals surface area contributed by atoms with Crippen molar-refractivity contribution in [3.63, 3.8) is 0 Å². The minimum atomic E-state index is -3.30. The molecule has 168 valence electrons. The Kier molecular flexibility index (Phi) is 6.09. The fourth-order valence-electron chi connectivity index (χ4n) is 5.92. The molecule has 0 heterocycles. The van der Waals surface area contributed by atoms with Crippen molar-refractivity contribution in [2.75, 3.05) is 0 Å². The van der Waals surface area contributed by atoms with Crippen LogP contribution < -0.4 is 7.74 Å². The molecule has 0 amide bonds. The number of hydrogen-bond donors (Lipinski definition) is 0. The van der Waals surface area contributed by atoms with E-state index in [1.54, 1.807) is 7.76 Å². The first-order valence-electron chi connectivity index (χ1n) is 12.4. The van der Waals surface area contributed by atoms with Crippen molar-refractivity contribution >= 4 is 18.9 Å². The molecule has 0 N–H and O–H groups in total. The van der Waals surface area contributed by atoms with Crippen LogP contribution in [-0.2, 0) is 16.6 Å². The van der Waals surface area contributed by atoms with Gasteiger partial charge in [0, 0.05) is 0 Å². The number of allylic oxidation sites excluding steroid dienone is 8. The Labute approximate surface area is 212 Å². The zero-order chi connectivity index (χ0) is 23.5. The van der Waals surface area contributed by atoms with E-state index >= 15 is 0 Å². The summed E-state index contributed by atoms with van der Waals surface area (Å²) in [6, 6.07) is 44.8. The van der Waals surface area contributed by atoms with E-state index in [1.807, 2.05) is 0 Å². The molecule has 0 unspecified atom stereocenters. The Bertz CT molecular complexity index is 1330. The van der Waals surface area contributed by atoms with Gasteiger partial charge in [-0.05, 0) is 0 Å². The third-order valence-corrected chi connectivity index (χ3v) is 15.4.